The number of carbonyl (C=O) groups excluding carboxylic acids is 2. The maximum absolute atomic E-state index is 13.8. The van der Waals surface area contributed by atoms with Gasteiger partial charge in [0.05, 0.1) is 16.9 Å². The van der Waals surface area contributed by atoms with Crippen LogP contribution in [0.1, 0.15) is 50.2 Å². The number of nitrogens with one attached hydrogen (secondary N) is 1. The molecule has 1 aliphatic rings. The van der Waals surface area contributed by atoms with E-state index in [-0.39, 0.29) is 29.9 Å². The van der Waals surface area contributed by atoms with Crippen LogP contribution in [0.5, 0.6) is 0 Å². The summed E-state index contributed by atoms with van der Waals surface area (Å²) in [4.78, 5) is 39.2. The summed E-state index contributed by atoms with van der Waals surface area (Å²) >= 11 is 6.37. The predicted molar refractivity (Wildman–Crippen MR) is 147 cm³/mol. The number of anilines is 1. The van der Waals surface area contributed by atoms with Gasteiger partial charge in [0.2, 0.25) is 21.8 Å². The van der Waals surface area contributed by atoms with Crippen LogP contribution in [0.2, 0.25) is 5.02 Å². The molecule has 0 bridgehead atoms. The number of benzene rings is 2. The summed E-state index contributed by atoms with van der Waals surface area (Å²) in [6, 6.07) is 9.93. The van der Waals surface area contributed by atoms with Gasteiger partial charge in [0.15, 0.2) is 0 Å². The average Bonchev–Trinajstić information content (AvgIpc) is 3.36. The number of nitro benzene ring substituents is 1. The molecule has 1 aliphatic carbocycles. The minimum absolute atomic E-state index is 0.0133. The van der Waals surface area contributed by atoms with E-state index in [9.17, 15) is 28.1 Å². The van der Waals surface area contributed by atoms with Crippen molar-refractivity contribution >= 4 is 44.8 Å². The second-order valence-corrected chi connectivity index (χ2v) is 11.8. The number of carbonyl (C=O) groups is 2. The summed E-state index contributed by atoms with van der Waals surface area (Å²) in [6.07, 6.45) is 5.01. The highest BCUT2D eigenvalue weighted by Crippen LogP contribution is 2.28. The van der Waals surface area contributed by atoms with Crippen LogP contribution in [0.4, 0.5) is 11.4 Å². The smallest absolute Gasteiger partial charge is 0.271 e. The minimum Gasteiger partial charge on any atom is -0.352 e. The molecule has 0 aromatic heterocycles. The molecule has 2 amide bonds. The molecule has 3 rings (SSSR count). The molecule has 38 heavy (non-hydrogen) atoms. The molecule has 1 fully saturated rings. The Balaban J connectivity index is 1.99. The van der Waals surface area contributed by atoms with Crippen molar-refractivity contribution in [1.29, 1.82) is 0 Å². The molecule has 1 N–H and O–H groups in total. The predicted octanol–water partition coefficient (Wildman–Crippen LogP) is 4.19. The maximum Gasteiger partial charge on any atom is 0.271 e. The average molecular weight is 565 g/mol. The number of amides is 2. The molecule has 0 radical (unpaired) electrons. The zero-order valence-electron chi connectivity index (χ0n) is 21.7. The Bertz CT molecular complexity index is 1300. The fraction of sp³-hybridized carbons (Fsp3) is 0.462. The van der Waals surface area contributed by atoms with Crippen LogP contribution in [0.25, 0.3) is 0 Å². The van der Waals surface area contributed by atoms with Gasteiger partial charge in [0.25, 0.3) is 5.69 Å². The Hall–Kier alpha value is -3.18. The number of aryl methyl sites for hydroxylation is 1. The SMILES string of the molecule is CC[C@@H](C(=O)NC1CCCC1)N(Cc1ccccc1Cl)C(=O)CN(c1cc([N+](=O)[O-])ccc1C)S(C)(=O)=O. The normalized spacial score (nSPS) is 14.6. The number of nitrogens with zero attached hydrogens (tertiary/aromatic N) is 3. The van der Waals surface area contributed by atoms with Crippen LogP contribution in [-0.2, 0) is 26.2 Å². The summed E-state index contributed by atoms with van der Waals surface area (Å²) in [5.74, 6) is -0.938. The van der Waals surface area contributed by atoms with Crippen molar-refractivity contribution in [2.45, 2.75) is 64.6 Å². The number of hydrogen-bond acceptors (Lipinski definition) is 6. The molecule has 1 atom stereocenters. The van der Waals surface area contributed by atoms with Crippen molar-refractivity contribution in [3.8, 4) is 0 Å². The van der Waals surface area contributed by atoms with Gasteiger partial charge in [-0.1, -0.05) is 55.6 Å². The molecule has 0 spiro atoms. The molecule has 10 nitrogen and oxygen atoms in total. The zero-order valence-corrected chi connectivity index (χ0v) is 23.3. The van der Waals surface area contributed by atoms with Crippen molar-refractivity contribution in [1.82, 2.24) is 10.2 Å². The van der Waals surface area contributed by atoms with E-state index in [0.717, 1.165) is 42.3 Å². The number of hydrogen-bond donors (Lipinski definition) is 1. The van der Waals surface area contributed by atoms with Crippen molar-refractivity contribution in [2.75, 3.05) is 17.1 Å². The van der Waals surface area contributed by atoms with Gasteiger partial charge in [0.1, 0.15) is 12.6 Å². The second-order valence-electron chi connectivity index (χ2n) is 9.52. The van der Waals surface area contributed by atoms with Gasteiger partial charge in [0, 0.05) is 29.7 Å². The first-order chi connectivity index (χ1) is 17.9. The lowest BCUT2D eigenvalue weighted by Crippen LogP contribution is -2.53. The summed E-state index contributed by atoms with van der Waals surface area (Å²) in [7, 11) is -4.03. The number of halogens is 1. The van der Waals surface area contributed by atoms with Crippen LogP contribution in [0.3, 0.4) is 0 Å². The quantitative estimate of drug-likeness (QED) is 0.322. The molecule has 0 heterocycles. The monoisotopic (exact) mass is 564 g/mol. The summed E-state index contributed by atoms with van der Waals surface area (Å²) in [5, 5.41) is 14.8. The standard InChI is InChI=1S/C26H33ClN4O6S/c1-4-23(26(33)28-20-10-6-7-11-20)29(16-19-9-5-8-12-22(19)27)25(32)17-30(38(3,36)37)24-15-21(31(34)35)14-13-18(24)2/h5,8-9,12-15,20,23H,4,6-7,10-11,16-17H2,1-3H3,(H,28,33)/t23-/m0/s1. The maximum atomic E-state index is 13.8. The van der Waals surface area contributed by atoms with Crippen LogP contribution in [0.15, 0.2) is 42.5 Å². The van der Waals surface area contributed by atoms with Crippen LogP contribution in [0, 0.1) is 17.0 Å². The van der Waals surface area contributed by atoms with E-state index < -0.39 is 33.4 Å². The van der Waals surface area contributed by atoms with E-state index in [4.69, 9.17) is 11.6 Å². The lowest BCUT2D eigenvalue weighted by molar-refractivity contribution is -0.384. The molecule has 0 unspecified atom stereocenters. The topological polar surface area (TPSA) is 130 Å². The van der Waals surface area contributed by atoms with Gasteiger partial charge in [-0.05, 0) is 43.4 Å². The first-order valence-corrected chi connectivity index (χ1v) is 14.7. The molecular weight excluding hydrogens is 532 g/mol. The van der Waals surface area contributed by atoms with E-state index >= 15 is 0 Å². The number of non-ortho nitro benzene ring substituents is 1. The first-order valence-electron chi connectivity index (χ1n) is 12.5. The highest BCUT2D eigenvalue weighted by atomic mass is 35.5. The largest absolute Gasteiger partial charge is 0.352 e. The van der Waals surface area contributed by atoms with E-state index in [1.54, 1.807) is 38.1 Å². The van der Waals surface area contributed by atoms with E-state index in [2.05, 4.69) is 5.32 Å². The summed E-state index contributed by atoms with van der Waals surface area (Å²) < 4.78 is 26.5. The van der Waals surface area contributed by atoms with Crippen molar-refractivity contribution < 1.29 is 22.9 Å². The van der Waals surface area contributed by atoms with Gasteiger partial charge in [-0.2, -0.15) is 0 Å². The Kier molecular flexibility index (Phi) is 9.72. The third kappa shape index (κ3) is 7.22. The van der Waals surface area contributed by atoms with Crippen LogP contribution >= 0.6 is 11.6 Å². The highest BCUT2D eigenvalue weighted by molar-refractivity contribution is 7.92. The van der Waals surface area contributed by atoms with Crippen LogP contribution < -0.4 is 9.62 Å². The van der Waals surface area contributed by atoms with E-state index in [0.29, 0.717) is 22.6 Å². The third-order valence-electron chi connectivity index (χ3n) is 6.74. The van der Waals surface area contributed by atoms with Crippen molar-refractivity contribution in [3.05, 3.63) is 68.7 Å². The van der Waals surface area contributed by atoms with Crippen LogP contribution in [-0.4, -0.2) is 54.9 Å². The summed E-state index contributed by atoms with van der Waals surface area (Å²) in [5.41, 5.74) is 0.766. The zero-order chi connectivity index (χ0) is 28.0. The summed E-state index contributed by atoms with van der Waals surface area (Å²) in [6.45, 7) is 2.73. The first kappa shape index (κ1) is 29.4. The molecular formula is C26H33ClN4O6S. The molecule has 12 heteroatoms. The van der Waals surface area contributed by atoms with Gasteiger partial charge in [-0.15, -0.1) is 0 Å². The molecule has 2 aromatic carbocycles. The Morgan fingerprint density at radius 1 is 1.18 bits per heavy atom. The Labute approximate surface area is 228 Å². The van der Waals surface area contributed by atoms with Gasteiger partial charge >= 0.3 is 0 Å². The molecule has 1 saturated carbocycles. The Morgan fingerprint density at radius 2 is 1.84 bits per heavy atom. The Morgan fingerprint density at radius 3 is 2.42 bits per heavy atom. The lowest BCUT2D eigenvalue weighted by atomic mass is 10.1. The van der Waals surface area contributed by atoms with Gasteiger partial charge < -0.3 is 10.2 Å². The molecule has 206 valence electrons. The second kappa shape index (κ2) is 12.6. The molecule has 0 saturated heterocycles. The molecule has 2 aromatic rings. The lowest BCUT2D eigenvalue weighted by Gasteiger charge is -2.33. The van der Waals surface area contributed by atoms with Gasteiger partial charge in [-0.25, -0.2) is 8.42 Å². The third-order valence-corrected chi connectivity index (χ3v) is 8.23. The fourth-order valence-electron chi connectivity index (χ4n) is 4.67. The fourth-order valence-corrected chi connectivity index (χ4v) is 5.77. The number of rotatable bonds is 11. The minimum atomic E-state index is -4.03. The number of nitro groups is 1. The number of sulfonamides is 1. The highest BCUT2D eigenvalue weighted by Gasteiger charge is 2.34. The molecule has 0 aliphatic heterocycles. The van der Waals surface area contributed by atoms with Crippen molar-refractivity contribution in [2.24, 2.45) is 0 Å². The van der Waals surface area contributed by atoms with Crippen molar-refractivity contribution in [3.63, 3.8) is 0 Å². The van der Waals surface area contributed by atoms with Gasteiger partial charge in [-0.3, -0.25) is 24.0 Å². The van der Waals surface area contributed by atoms with E-state index in [1.807, 2.05) is 0 Å². The van der Waals surface area contributed by atoms with E-state index in [1.165, 1.54) is 17.0 Å².